The van der Waals surface area contributed by atoms with Crippen molar-refractivity contribution in [3.63, 3.8) is 0 Å². The van der Waals surface area contributed by atoms with Gasteiger partial charge < -0.3 is 29.9 Å². The number of hydrogen-bond acceptors (Lipinski definition) is 8. The molecule has 44 heavy (non-hydrogen) atoms. The number of likely N-dealkylation sites (N-methyl/N-ethyl adjacent to an activating group) is 1. The molecule has 12 heteroatoms. The highest BCUT2D eigenvalue weighted by atomic mass is 32.1. The van der Waals surface area contributed by atoms with Crippen LogP contribution in [0.1, 0.15) is 79.7 Å². The summed E-state index contributed by atoms with van der Waals surface area (Å²) in [6.45, 7) is 10.1. The van der Waals surface area contributed by atoms with E-state index in [9.17, 15) is 19.2 Å². The van der Waals surface area contributed by atoms with E-state index in [0.29, 0.717) is 49.3 Å². The molecule has 0 bridgehead atoms. The average Bonchev–Trinajstić information content (AvgIpc) is 3.28. The Kier molecular flexibility index (Phi) is 9.72. The fourth-order valence-electron chi connectivity index (χ4n) is 7.31. The van der Waals surface area contributed by atoms with Gasteiger partial charge in [0.05, 0.1) is 24.3 Å². The molecule has 2 N–H and O–H groups in total. The Bertz CT molecular complexity index is 1250. The van der Waals surface area contributed by atoms with Crippen LogP contribution in [0, 0.1) is 35.5 Å². The summed E-state index contributed by atoms with van der Waals surface area (Å²) in [6.07, 6.45) is 6.24. The second-order valence-corrected chi connectivity index (χ2v) is 15.2. The second-order valence-electron chi connectivity index (χ2n) is 14.1. The molecule has 4 aliphatic rings. The number of nitrogens with zero attached hydrogens (tertiary/aromatic N) is 3. The predicted molar refractivity (Wildman–Crippen MR) is 166 cm³/mol. The molecule has 1 aromatic heterocycles. The maximum Gasteiger partial charge on any atom is 0.265 e. The smallest absolute Gasteiger partial charge is 0.265 e. The van der Waals surface area contributed by atoms with E-state index in [1.165, 1.54) is 30.6 Å². The zero-order valence-corrected chi connectivity index (χ0v) is 27.9. The van der Waals surface area contributed by atoms with Gasteiger partial charge >= 0.3 is 0 Å². The molecule has 2 saturated heterocycles. The fraction of sp³-hybridized carbons (Fsp3) is 0.781. The Hall–Kier alpha value is -2.57. The number of likely N-dealkylation sites (tertiary alicyclic amines) is 2. The number of nitrogens with one attached hydrogen (secondary N) is 2. The Morgan fingerprint density at radius 1 is 1.07 bits per heavy atom. The molecule has 5 rings (SSSR count). The first-order chi connectivity index (χ1) is 20.9. The number of hydrogen-bond donors (Lipinski definition) is 2. The molecule has 0 radical (unpaired) electrons. The Morgan fingerprint density at radius 2 is 1.73 bits per heavy atom. The van der Waals surface area contributed by atoms with Crippen LogP contribution in [-0.2, 0) is 30.5 Å². The van der Waals surface area contributed by atoms with Gasteiger partial charge in [-0.25, -0.2) is 4.98 Å². The Labute approximate surface area is 264 Å². The highest BCUT2D eigenvalue weighted by molar-refractivity contribution is 7.13. The number of carbonyl (C=O) groups is 4. The van der Waals surface area contributed by atoms with E-state index in [1.54, 1.807) is 19.1 Å². The van der Waals surface area contributed by atoms with Crippen molar-refractivity contribution < 1.29 is 28.7 Å². The maximum absolute atomic E-state index is 14.1. The minimum atomic E-state index is -0.872. The number of ether oxygens (including phenoxy) is 2. The number of aryl methyl sites for hydroxylation is 1. The lowest BCUT2D eigenvalue weighted by atomic mass is 9.70. The third-order valence-electron chi connectivity index (χ3n) is 10.3. The van der Waals surface area contributed by atoms with E-state index < -0.39 is 23.5 Å². The third-order valence-corrected chi connectivity index (χ3v) is 11.4. The fourth-order valence-corrected chi connectivity index (χ4v) is 8.31. The lowest BCUT2D eigenvalue weighted by Gasteiger charge is -2.50. The molecule has 0 aromatic carbocycles. The second kappa shape index (κ2) is 13.0. The van der Waals surface area contributed by atoms with Crippen molar-refractivity contribution in [1.82, 2.24) is 25.4 Å². The van der Waals surface area contributed by atoms with Gasteiger partial charge in [-0.05, 0) is 44.4 Å². The predicted octanol–water partition coefficient (Wildman–Crippen LogP) is 2.76. The van der Waals surface area contributed by atoms with Crippen molar-refractivity contribution in [3.8, 4) is 0 Å². The van der Waals surface area contributed by atoms with Crippen LogP contribution in [0.15, 0.2) is 0 Å². The van der Waals surface area contributed by atoms with Crippen LogP contribution in [0.5, 0.6) is 0 Å². The van der Waals surface area contributed by atoms with Crippen LogP contribution in [0.4, 0.5) is 0 Å². The third kappa shape index (κ3) is 6.67. The first kappa shape index (κ1) is 32.8. The molecular formula is C32H49N5O6S. The molecule has 3 heterocycles. The Balaban J connectivity index is 1.32. The number of methoxy groups -OCH3 is 1. The van der Waals surface area contributed by atoms with Gasteiger partial charge in [0.2, 0.25) is 17.7 Å². The molecule has 1 spiro atoms. The molecule has 2 aliphatic carbocycles. The first-order valence-corrected chi connectivity index (χ1v) is 16.9. The van der Waals surface area contributed by atoms with E-state index in [2.05, 4.69) is 29.5 Å². The lowest BCUT2D eigenvalue weighted by Crippen LogP contribution is -2.65. The Morgan fingerprint density at radius 3 is 2.34 bits per heavy atom. The molecule has 1 aromatic rings. The number of carbonyl (C=O) groups excluding carboxylic acids is 4. The standard InChI is InChI=1S/C32H49N5O6S/c1-19-26(44-24(34-19)15-42-6)30(41)36-13-23(32(16-36)17-37(18-32)29(40)22-12-31(22,3)4)27(38)35-25(28(39)33-5)20(2)43-14-21-10-8-7-9-11-21/h20-23,25H,7-18H2,1-6H3,(H,33,39)(H,35,38)/t20-,22-,23-,25+/m1/s1. The minimum absolute atomic E-state index is 0.00473. The van der Waals surface area contributed by atoms with Crippen molar-refractivity contribution in [2.24, 2.45) is 28.6 Å². The summed E-state index contributed by atoms with van der Waals surface area (Å²) < 4.78 is 11.4. The number of thiazole rings is 1. The zero-order valence-electron chi connectivity index (χ0n) is 27.1. The van der Waals surface area contributed by atoms with Gasteiger partial charge in [-0.1, -0.05) is 33.1 Å². The number of rotatable bonds is 11. The van der Waals surface area contributed by atoms with Crippen LogP contribution in [0.25, 0.3) is 0 Å². The van der Waals surface area contributed by atoms with Crippen molar-refractivity contribution in [3.05, 3.63) is 15.6 Å². The van der Waals surface area contributed by atoms with E-state index in [0.717, 1.165) is 24.3 Å². The molecule has 244 valence electrons. The summed E-state index contributed by atoms with van der Waals surface area (Å²) in [7, 11) is 3.14. The summed E-state index contributed by atoms with van der Waals surface area (Å²) in [5, 5.41) is 6.40. The van der Waals surface area contributed by atoms with Gasteiger partial charge in [0, 0.05) is 58.3 Å². The van der Waals surface area contributed by atoms with Gasteiger partial charge in [0.15, 0.2) is 0 Å². The highest BCUT2D eigenvalue weighted by Gasteiger charge is 2.62. The minimum Gasteiger partial charge on any atom is -0.378 e. The highest BCUT2D eigenvalue weighted by Crippen LogP contribution is 2.54. The van der Waals surface area contributed by atoms with Crippen molar-refractivity contribution >= 4 is 35.0 Å². The summed E-state index contributed by atoms with van der Waals surface area (Å²) >= 11 is 1.31. The van der Waals surface area contributed by atoms with Crippen LogP contribution >= 0.6 is 11.3 Å². The lowest BCUT2D eigenvalue weighted by molar-refractivity contribution is -0.152. The van der Waals surface area contributed by atoms with E-state index in [1.807, 2.05) is 18.7 Å². The van der Waals surface area contributed by atoms with Crippen molar-refractivity contribution in [1.29, 1.82) is 0 Å². The van der Waals surface area contributed by atoms with Crippen LogP contribution in [-0.4, -0.2) is 97.5 Å². The number of amides is 4. The van der Waals surface area contributed by atoms with Gasteiger partial charge in [-0.2, -0.15) is 0 Å². The van der Waals surface area contributed by atoms with E-state index >= 15 is 0 Å². The normalized spacial score (nSPS) is 25.3. The first-order valence-electron chi connectivity index (χ1n) is 16.1. The van der Waals surface area contributed by atoms with Crippen molar-refractivity contribution in [2.45, 2.75) is 85.0 Å². The zero-order chi connectivity index (χ0) is 31.8. The monoisotopic (exact) mass is 631 g/mol. The average molecular weight is 632 g/mol. The van der Waals surface area contributed by atoms with Gasteiger partial charge in [-0.3, -0.25) is 19.2 Å². The molecular weight excluding hydrogens is 582 g/mol. The van der Waals surface area contributed by atoms with E-state index in [4.69, 9.17) is 9.47 Å². The van der Waals surface area contributed by atoms with Gasteiger partial charge in [0.1, 0.15) is 15.9 Å². The largest absolute Gasteiger partial charge is 0.378 e. The summed E-state index contributed by atoms with van der Waals surface area (Å²) in [5.74, 6) is -0.752. The SMILES string of the molecule is CNC(=O)[C@@H](NC(=O)[C@H]1CN(C(=O)c2sc(COC)nc2C)CC12CN(C(=O)[C@H]1CC1(C)C)C2)[C@@H](C)OCC1CCCCC1. The van der Waals surface area contributed by atoms with Crippen LogP contribution < -0.4 is 10.6 Å². The molecule has 4 amide bonds. The van der Waals surface area contributed by atoms with Gasteiger partial charge in [0.25, 0.3) is 5.91 Å². The van der Waals surface area contributed by atoms with Gasteiger partial charge in [-0.15, -0.1) is 11.3 Å². The number of aromatic nitrogens is 1. The summed E-state index contributed by atoms with van der Waals surface area (Å²) in [4.78, 5) is 62.7. The van der Waals surface area contributed by atoms with Crippen LogP contribution in [0.2, 0.25) is 0 Å². The summed E-state index contributed by atoms with van der Waals surface area (Å²) in [5.41, 5.74) is 0.0628. The molecule has 4 fully saturated rings. The van der Waals surface area contributed by atoms with Crippen molar-refractivity contribution in [2.75, 3.05) is 46.9 Å². The molecule has 2 saturated carbocycles. The molecule has 2 aliphatic heterocycles. The van der Waals surface area contributed by atoms with Crippen LogP contribution in [0.3, 0.4) is 0 Å². The van der Waals surface area contributed by atoms with E-state index in [-0.39, 0.29) is 41.5 Å². The molecule has 0 unspecified atom stereocenters. The quantitative estimate of drug-likeness (QED) is 0.384. The maximum atomic E-state index is 14.1. The molecule has 4 atom stereocenters. The summed E-state index contributed by atoms with van der Waals surface area (Å²) in [6, 6.07) is -0.872. The topological polar surface area (TPSA) is 130 Å². The molecule has 11 nitrogen and oxygen atoms in total.